The Morgan fingerprint density at radius 1 is 1.40 bits per heavy atom. The molecule has 3 N–H and O–H groups in total. The van der Waals surface area contributed by atoms with Crippen molar-refractivity contribution in [2.45, 2.75) is 11.7 Å². The van der Waals surface area contributed by atoms with Gasteiger partial charge in [-0.3, -0.25) is 15.0 Å². The normalized spacial score (nSPS) is 19.2. The minimum Gasteiger partial charge on any atom is -0.310 e. The lowest BCUT2D eigenvalue weighted by molar-refractivity contribution is -0.117. The van der Waals surface area contributed by atoms with Crippen molar-refractivity contribution in [2.24, 2.45) is 5.84 Å². The molecule has 1 aromatic carbocycles. The molecule has 0 aliphatic carbocycles. The molecule has 1 unspecified atom stereocenters. The molecule has 0 radical (unpaired) electrons. The van der Waals surface area contributed by atoms with Crippen molar-refractivity contribution < 1.29 is 21.9 Å². The summed E-state index contributed by atoms with van der Waals surface area (Å²) in [6.07, 6.45) is -0.447. The maximum Gasteiger partial charge on any atom is 0.307 e. The van der Waals surface area contributed by atoms with Crippen LogP contribution in [0.4, 0.5) is 9.57 Å². The predicted octanol–water partition coefficient (Wildman–Crippen LogP) is -0.305. The molecule has 1 aromatic rings. The molecule has 20 heavy (non-hydrogen) atoms. The molecule has 1 atom stereocenters. The summed E-state index contributed by atoms with van der Waals surface area (Å²) in [6.45, 7) is -0.327. The minimum atomic E-state index is -4.80. The van der Waals surface area contributed by atoms with E-state index in [1.54, 1.807) is 12.1 Å². The first-order chi connectivity index (χ1) is 9.34. The number of nitrogens with two attached hydrogens (primary N) is 1. The van der Waals surface area contributed by atoms with Gasteiger partial charge in [0.1, 0.15) is 5.25 Å². The number of nitrogens with one attached hydrogen (secondary N) is 1. The lowest BCUT2D eigenvalue weighted by atomic mass is 10.1. The number of halogens is 1. The van der Waals surface area contributed by atoms with Crippen LogP contribution in [0.15, 0.2) is 24.3 Å². The number of nitrogens with zero attached hydrogens (tertiary/aromatic N) is 1. The van der Waals surface area contributed by atoms with Gasteiger partial charge in [0, 0.05) is 13.0 Å². The molecule has 9 heteroatoms. The molecule has 2 amide bonds. The van der Waals surface area contributed by atoms with Crippen LogP contribution in [0, 0.1) is 0 Å². The number of hydrazine groups is 1. The van der Waals surface area contributed by atoms with Gasteiger partial charge in [-0.05, 0) is 12.1 Å². The van der Waals surface area contributed by atoms with Gasteiger partial charge in [0.2, 0.25) is 5.91 Å². The van der Waals surface area contributed by atoms with Crippen molar-refractivity contribution in [3.05, 3.63) is 29.8 Å². The van der Waals surface area contributed by atoms with Crippen molar-refractivity contribution in [3.8, 4) is 0 Å². The summed E-state index contributed by atoms with van der Waals surface area (Å²) in [5.41, 5.74) is 2.24. The number of nitrogen functional groups attached to an aromatic ring is 1. The van der Waals surface area contributed by atoms with Crippen LogP contribution < -0.4 is 16.2 Å². The maximum atomic E-state index is 13.0. The Morgan fingerprint density at radius 2 is 2.05 bits per heavy atom. The Balaban J connectivity index is 2.38. The largest absolute Gasteiger partial charge is 0.310 e. The third-order valence-electron chi connectivity index (χ3n) is 3.06. The molecule has 0 saturated carbocycles. The fourth-order valence-electron chi connectivity index (χ4n) is 2.07. The van der Waals surface area contributed by atoms with Crippen LogP contribution in [0.25, 0.3) is 0 Å². The predicted molar refractivity (Wildman–Crippen MR) is 68.9 cm³/mol. The van der Waals surface area contributed by atoms with E-state index < -0.39 is 33.7 Å². The van der Waals surface area contributed by atoms with E-state index in [1.165, 1.54) is 12.1 Å². The summed E-state index contributed by atoms with van der Waals surface area (Å²) in [5.74, 6) is 3.86. The van der Waals surface area contributed by atoms with Crippen LogP contribution in [-0.4, -0.2) is 32.0 Å². The number of hydrogen-bond acceptors (Lipinski definition) is 5. The Hall–Kier alpha value is -2.00. The summed E-state index contributed by atoms with van der Waals surface area (Å²) >= 11 is 0. The number of anilines is 1. The molecule has 1 aliphatic heterocycles. The molecule has 7 nitrogen and oxygen atoms in total. The zero-order chi connectivity index (χ0) is 14.9. The molecule has 2 rings (SSSR count). The topological polar surface area (TPSA) is 110 Å². The van der Waals surface area contributed by atoms with E-state index in [9.17, 15) is 21.9 Å². The van der Waals surface area contributed by atoms with Crippen molar-refractivity contribution in [2.75, 3.05) is 11.4 Å². The van der Waals surface area contributed by atoms with E-state index in [4.69, 9.17) is 5.84 Å². The standard InChI is InChI=1S/C11H12FN3O4S/c12-20(18,19)7-5-10(16)15(6-7)9-4-2-1-3-8(9)11(17)14-13/h1-4,7H,5-6,13H2,(H,14,17). The van der Waals surface area contributed by atoms with Crippen LogP contribution in [-0.2, 0) is 15.0 Å². The molecule has 0 aromatic heterocycles. The number of benzene rings is 1. The number of para-hydroxylation sites is 1. The molecular formula is C11H12FN3O4S. The van der Waals surface area contributed by atoms with E-state index in [0.717, 1.165) is 4.90 Å². The second-order valence-electron chi connectivity index (χ2n) is 4.30. The Bertz CT molecular complexity index is 661. The fraction of sp³-hybridized carbons (Fsp3) is 0.273. The third kappa shape index (κ3) is 2.63. The van der Waals surface area contributed by atoms with Gasteiger partial charge in [-0.25, -0.2) is 5.84 Å². The highest BCUT2D eigenvalue weighted by Crippen LogP contribution is 2.28. The Morgan fingerprint density at radius 3 is 2.60 bits per heavy atom. The Kier molecular flexibility index (Phi) is 3.73. The molecule has 108 valence electrons. The summed E-state index contributed by atoms with van der Waals surface area (Å²) in [6, 6.07) is 6.04. The summed E-state index contributed by atoms with van der Waals surface area (Å²) in [5, 5.41) is -1.41. The van der Waals surface area contributed by atoms with Gasteiger partial charge < -0.3 is 4.90 Å². The highest BCUT2D eigenvalue weighted by Gasteiger charge is 2.40. The molecular weight excluding hydrogens is 289 g/mol. The van der Waals surface area contributed by atoms with Gasteiger partial charge in [0.25, 0.3) is 5.91 Å². The van der Waals surface area contributed by atoms with Crippen LogP contribution in [0.5, 0.6) is 0 Å². The van der Waals surface area contributed by atoms with Gasteiger partial charge in [0.15, 0.2) is 0 Å². The summed E-state index contributed by atoms with van der Waals surface area (Å²) in [7, 11) is -4.80. The quantitative estimate of drug-likeness (QED) is 0.344. The SMILES string of the molecule is NNC(=O)c1ccccc1N1CC(S(=O)(=O)F)CC1=O. The third-order valence-corrected chi connectivity index (χ3v) is 4.17. The lowest BCUT2D eigenvalue weighted by Gasteiger charge is -2.19. The average molecular weight is 301 g/mol. The van der Waals surface area contributed by atoms with Gasteiger partial charge in [-0.2, -0.15) is 8.42 Å². The monoisotopic (exact) mass is 301 g/mol. The van der Waals surface area contributed by atoms with Crippen LogP contribution in [0.3, 0.4) is 0 Å². The van der Waals surface area contributed by atoms with Crippen molar-refractivity contribution in [1.29, 1.82) is 0 Å². The smallest absolute Gasteiger partial charge is 0.307 e. The first-order valence-corrected chi connectivity index (χ1v) is 7.13. The molecule has 1 saturated heterocycles. The number of rotatable bonds is 3. The van der Waals surface area contributed by atoms with Gasteiger partial charge in [-0.15, -0.1) is 3.89 Å². The minimum absolute atomic E-state index is 0.111. The first-order valence-electron chi connectivity index (χ1n) is 5.68. The van der Waals surface area contributed by atoms with Crippen molar-refractivity contribution >= 4 is 27.7 Å². The number of hydrogen-bond donors (Lipinski definition) is 2. The Labute approximate surface area is 114 Å². The second-order valence-corrected chi connectivity index (χ2v) is 5.91. The van der Waals surface area contributed by atoms with Crippen molar-refractivity contribution in [1.82, 2.24) is 5.43 Å². The molecule has 1 heterocycles. The van der Waals surface area contributed by atoms with Gasteiger partial charge in [-0.1, -0.05) is 12.1 Å². The number of carbonyl (C=O) groups excluding carboxylic acids is 2. The van der Waals surface area contributed by atoms with E-state index in [-0.39, 0.29) is 17.8 Å². The molecule has 1 aliphatic rings. The van der Waals surface area contributed by atoms with E-state index in [1.807, 2.05) is 5.43 Å². The van der Waals surface area contributed by atoms with Crippen LogP contribution in [0.2, 0.25) is 0 Å². The zero-order valence-corrected chi connectivity index (χ0v) is 11.1. The highest BCUT2D eigenvalue weighted by molar-refractivity contribution is 7.87. The fourth-order valence-corrected chi connectivity index (χ4v) is 2.74. The maximum absolute atomic E-state index is 13.0. The van der Waals surface area contributed by atoms with E-state index >= 15 is 0 Å². The second kappa shape index (κ2) is 5.17. The summed E-state index contributed by atoms with van der Waals surface area (Å²) in [4.78, 5) is 24.5. The van der Waals surface area contributed by atoms with Crippen LogP contribution >= 0.6 is 0 Å². The molecule has 0 spiro atoms. The lowest BCUT2D eigenvalue weighted by Crippen LogP contribution is -2.33. The zero-order valence-electron chi connectivity index (χ0n) is 10.2. The number of carbonyl (C=O) groups is 2. The van der Waals surface area contributed by atoms with Crippen molar-refractivity contribution in [3.63, 3.8) is 0 Å². The highest BCUT2D eigenvalue weighted by atomic mass is 32.3. The number of amides is 2. The average Bonchev–Trinajstić information content (AvgIpc) is 2.80. The molecule has 1 fully saturated rings. The van der Waals surface area contributed by atoms with E-state index in [0.29, 0.717) is 0 Å². The van der Waals surface area contributed by atoms with Gasteiger partial charge in [0.05, 0.1) is 11.3 Å². The first kappa shape index (κ1) is 14.4. The van der Waals surface area contributed by atoms with Gasteiger partial charge >= 0.3 is 10.2 Å². The summed E-state index contributed by atoms with van der Waals surface area (Å²) < 4.78 is 34.7. The molecule has 0 bridgehead atoms. The van der Waals surface area contributed by atoms with Crippen LogP contribution in [0.1, 0.15) is 16.8 Å². The van der Waals surface area contributed by atoms with E-state index in [2.05, 4.69) is 0 Å².